The maximum absolute atomic E-state index is 2.38. The summed E-state index contributed by atoms with van der Waals surface area (Å²) in [7, 11) is 0. The number of hydrogen-bond donors (Lipinski definition) is 0. The molecule has 30 heavy (non-hydrogen) atoms. The Kier molecular flexibility index (Phi) is 5.01. The second kappa shape index (κ2) is 7.27. The van der Waals surface area contributed by atoms with Crippen molar-refractivity contribution in [2.45, 2.75) is 65.7 Å². The van der Waals surface area contributed by atoms with Gasteiger partial charge in [-0.3, -0.25) is 0 Å². The van der Waals surface area contributed by atoms with E-state index in [0.717, 1.165) is 6.42 Å². The van der Waals surface area contributed by atoms with Crippen molar-refractivity contribution in [1.29, 1.82) is 0 Å². The number of fused-ring (bicyclic) bond motifs is 1. The molecule has 0 aromatic heterocycles. The van der Waals surface area contributed by atoms with Gasteiger partial charge >= 0.3 is 0 Å². The van der Waals surface area contributed by atoms with Gasteiger partial charge in [0.1, 0.15) is 0 Å². The van der Waals surface area contributed by atoms with Crippen LogP contribution in [-0.2, 0) is 17.3 Å². The topological polar surface area (TPSA) is 0 Å². The van der Waals surface area contributed by atoms with E-state index in [0.29, 0.717) is 0 Å². The van der Waals surface area contributed by atoms with E-state index < -0.39 is 0 Å². The van der Waals surface area contributed by atoms with Crippen molar-refractivity contribution in [3.05, 3.63) is 88.5 Å². The minimum absolute atomic E-state index is 0.181. The third-order valence-corrected chi connectivity index (χ3v) is 6.33. The predicted molar refractivity (Wildman–Crippen MR) is 132 cm³/mol. The standard InChI is InChI=1S/C30H34/c1-20-18-27-25(21-8-12-23(13-9-21)29(2,3)4)16-17-26(28(27)19-20)22-10-14-24(15-11-22)30(5,6)7/h8-18H,19H2,1-7H3. The van der Waals surface area contributed by atoms with Crippen LogP contribution in [0.3, 0.4) is 0 Å². The fourth-order valence-corrected chi connectivity index (χ4v) is 4.42. The Labute approximate surface area is 182 Å². The summed E-state index contributed by atoms with van der Waals surface area (Å²) >= 11 is 0. The largest absolute Gasteiger partial charge is 0.0683 e. The normalized spacial score (nSPS) is 13.9. The molecule has 1 aliphatic carbocycles. The van der Waals surface area contributed by atoms with E-state index in [9.17, 15) is 0 Å². The van der Waals surface area contributed by atoms with Crippen LogP contribution in [-0.4, -0.2) is 0 Å². The smallest absolute Gasteiger partial charge is 0.00542 e. The van der Waals surface area contributed by atoms with Gasteiger partial charge in [-0.05, 0) is 68.7 Å². The van der Waals surface area contributed by atoms with E-state index in [-0.39, 0.29) is 10.8 Å². The number of benzene rings is 3. The molecule has 0 heterocycles. The van der Waals surface area contributed by atoms with Crippen molar-refractivity contribution in [1.82, 2.24) is 0 Å². The lowest BCUT2D eigenvalue weighted by Crippen LogP contribution is -2.10. The van der Waals surface area contributed by atoms with Crippen molar-refractivity contribution in [3.63, 3.8) is 0 Å². The summed E-state index contributed by atoms with van der Waals surface area (Å²) in [6.07, 6.45) is 3.43. The number of hydrogen-bond acceptors (Lipinski definition) is 0. The average Bonchev–Trinajstić information content (AvgIpc) is 3.07. The highest BCUT2D eigenvalue weighted by Gasteiger charge is 2.21. The highest BCUT2D eigenvalue weighted by molar-refractivity contribution is 5.87. The molecule has 0 spiro atoms. The molecule has 154 valence electrons. The van der Waals surface area contributed by atoms with E-state index in [1.165, 1.54) is 50.1 Å². The summed E-state index contributed by atoms with van der Waals surface area (Å²) < 4.78 is 0. The number of rotatable bonds is 2. The zero-order valence-electron chi connectivity index (χ0n) is 19.6. The van der Waals surface area contributed by atoms with Crippen molar-refractivity contribution in [2.75, 3.05) is 0 Å². The zero-order valence-corrected chi connectivity index (χ0v) is 19.6. The molecular weight excluding hydrogens is 360 g/mol. The molecule has 0 nitrogen and oxygen atoms in total. The minimum Gasteiger partial charge on any atom is -0.0683 e. The molecule has 0 atom stereocenters. The van der Waals surface area contributed by atoms with Gasteiger partial charge in [-0.1, -0.05) is 114 Å². The first kappa shape index (κ1) is 20.7. The Morgan fingerprint density at radius 3 is 1.47 bits per heavy atom. The summed E-state index contributed by atoms with van der Waals surface area (Å²) in [5.74, 6) is 0. The molecule has 0 saturated heterocycles. The van der Waals surface area contributed by atoms with Crippen LogP contribution in [0.2, 0.25) is 0 Å². The van der Waals surface area contributed by atoms with Crippen LogP contribution in [0.4, 0.5) is 0 Å². The molecule has 0 fully saturated rings. The summed E-state index contributed by atoms with van der Waals surface area (Å²) in [4.78, 5) is 0. The van der Waals surface area contributed by atoms with E-state index in [2.05, 4.69) is 115 Å². The van der Waals surface area contributed by atoms with Crippen molar-refractivity contribution >= 4 is 6.08 Å². The molecule has 3 aromatic rings. The van der Waals surface area contributed by atoms with Crippen LogP contribution in [0.15, 0.2) is 66.2 Å². The number of allylic oxidation sites excluding steroid dienone is 1. The molecule has 0 N–H and O–H groups in total. The molecule has 0 saturated carbocycles. The molecular formula is C30H34. The van der Waals surface area contributed by atoms with Crippen LogP contribution in [0.25, 0.3) is 28.3 Å². The second-order valence-electron chi connectivity index (χ2n) is 10.9. The van der Waals surface area contributed by atoms with Gasteiger partial charge in [0, 0.05) is 0 Å². The Morgan fingerprint density at radius 1 is 0.567 bits per heavy atom. The van der Waals surface area contributed by atoms with Crippen LogP contribution in [0.1, 0.15) is 70.7 Å². The summed E-state index contributed by atoms with van der Waals surface area (Å²) in [6, 6.07) is 22.9. The van der Waals surface area contributed by atoms with E-state index in [1.807, 2.05) is 0 Å². The fourth-order valence-electron chi connectivity index (χ4n) is 4.42. The lowest BCUT2D eigenvalue weighted by molar-refractivity contribution is 0.590. The molecule has 0 bridgehead atoms. The molecule has 0 amide bonds. The molecule has 0 unspecified atom stereocenters. The highest BCUT2D eigenvalue weighted by atomic mass is 14.2. The van der Waals surface area contributed by atoms with Gasteiger partial charge in [0.25, 0.3) is 0 Å². The van der Waals surface area contributed by atoms with E-state index in [1.54, 1.807) is 0 Å². The van der Waals surface area contributed by atoms with Gasteiger partial charge in [0.05, 0.1) is 0 Å². The Morgan fingerprint density at radius 2 is 1.00 bits per heavy atom. The molecule has 0 radical (unpaired) electrons. The van der Waals surface area contributed by atoms with Gasteiger partial charge in [-0.2, -0.15) is 0 Å². The zero-order chi connectivity index (χ0) is 21.7. The first-order valence-corrected chi connectivity index (χ1v) is 11.1. The lowest BCUT2D eigenvalue weighted by Gasteiger charge is -2.20. The minimum atomic E-state index is 0.181. The fraction of sp³-hybridized carbons (Fsp3) is 0.333. The molecule has 0 heteroatoms. The van der Waals surface area contributed by atoms with Crippen LogP contribution < -0.4 is 0 Å². The molecule has 4 rings (SSSR count). The lowest BCUT2D eigenvalue weighted by atomic mass is 9.84. The summed E-state index contributed by atoms with van der Waals surface area (Å²) in [6.45, 7) is 15.9. The second-order valence-corrected chi connectivity index (χ2v) is 10.9. The molecule has 3 aromatic carbocycles. The molecule has 0 aliphatic heterocycles. The third kappa shape index (κ3) is 3.88. The summed E-state index contributed by atoms with van der Waals surface area (Å²) in [5, 5.41) is 0. The Balaban J connectivity index is 1.77. The van der Waals surface area contributed by atoms with Gasteiger partial charge in [-0.25, -0.2) is 0 Å². The highest BCUT2D eigenvalue weighted by Crippen LogP contribution is 2.40. The van der Waals surface area contributed by atoms with Crippen LogP contribution in [0.5, 0.6) is 0 Å². The van der Waals surface area contributed by atoms with E-state index >= 15 is 0 Å². The maximum Gasteiger partial charge on any atom is -0.00542 e. The van der Waals surface area contributed by atoms with Crippen molar-refractivity contribution in [2.24, 2.45) is 0 Å². The molecule has 1 aliphatic rings. The first-order valence-electron chi connectivity index (χ1n) is 11.1. The Bertz CT molecular complexity index is 1090. The van der Waals surface area contributed by atoms with Crippen LogP contribution >= 0.6 is 0 Å². The van der Waals surface area contributed by atoms with E-state index in [4.69, 9.17) is 0 Å². The SMILES string of the molecule is CC1=Cc2c(-c3ccc(C(C)(C)C)cc3)ccc(-c3ccc(C(C)(C)C)cc3)c2C1. The third-order valence-electron chi connectivity index (χ3n) is 6.33. The first-order chi connectivity index (χ1) is 14.0. The van der Waals surface area contributed by atoms with Gasteiger partial charge in [0.15, 0.2) is 0 Å². The average molecular weight is 395 g/mol. The summed E-state index contributed by atoms with van der Waals surface area (Å²) in [5.41, 5.74) is 12.8. The Hall–Kier alpha value is -2.60. The maximum atomic E-state index is 2.38. The van der Waals surface area contributed by atoms with Gasteiger partial charge in [-0.15, -0.1) is 0 Å². The van der Waals surface area contributed by atoms with Gasteiger partial charge in [0.2, 0.25) is 0 Å². The predicted octanol–water partition coefficient (Wildman–Crippen LogP) is 8.58. The van der Waals surface area contributed by atoms with Crippen molar-refractivity contribution in [3.8, 4) is 22.3 Å². The monoisotopic (exact) mass is 394 g/mol. The van der Waals surface area contributed by atoms with Crippen molar-refractivity contribution < 1.29 is 0 Å². The quantitative estimate of drug-likeness (QED) is 0.408. The van der Waals surface area contributed by atoms with Crippen LogP contribution in [0, 0.1) is 0 Å². The van der Waals surface area contributed by atoms with Gasteiger partial charge < -0.3 is 0 Å².